The van der Waals surface area contributed by atoms with Gasteiger partial charge in [-0.25, -0.2) is 9.78 Å². The van der Waals surface area contributed by atoms with Gasteiger partial charge in [0.15, 0.2) is 5.16 Å². The topological polar surface area (TPSA) is 113 Å². The monoisotopic (exact) mass is 457 g/mol. The SMILES string of the molecule is CC1CCC2(CC1)NC(=O)N(NC(=O)CSc1nc3ccccc3c(=O)n1C(C)C)C2=O. The molecule has 0 atom stereocenters. The predicted molar refractivity (Wildman–Crippen MR) is 121 cm³/mol. The van der Waals surface area contributed by atoms with Crippen LogP contribution in [0.15, 0.2) is 34.2 Å². The third kappa shape index (κ3) is 3.99. The summed E-state index contributed by atoms with van der Waals surface area (Å²) in [5.74, 6) is -0.509. The average molecular weight is 458 g/mol. The van der Waals surface area contributed by atoms with Gasteiger partial charge < -0.3 is 5.32 Å². The molecule has 1 saturated heterocycles. The van der Waals surface area contributed by atoms with E-state index in [0.717, 1.165) is 29.6 Å². The molecular formula is C22H27N5O4S. The van der Waals surface area contributed by atoms with E-state index in [1.807, 2.05) is 13.8 Å². The van der Waals surface area contributed by atoms with E-state index in [4.69, 9.17) is 0 Å². The number of hydrazine groups is 1. The van der Waals surface area contributed by atoms with Crippen LogP contribution in [0.1, 0.15) is 52.5 Å². The Morgan fingerprint density at radius 1 is 1.25 bits per heavy atom. The number of hydrogen-bond acceptors (Lipinski definition) is 6. The predicted octanol–water partition coefficient (Wildman–Crippen LogP) is 2.60. The van der Waals surface area contributed by atoms with E-state index >= 15 is 0 Å². The van der Waals surface area contributed by atoms with Gasteiger partial charge in [0, 0.05) is 6.04 Å². The maximum Gasteiger partial charge on any atom is 0.344 e. The Morgan fingerprint density at radius 2 is 1.94 bits per heavy atom. The molecule has 1 aliphatic heterocycles. The largest absolute Gasteiger partial charge is 0.344 e. The number of nitrogens with one attached hydrogen (secondary N) is 2. The van der Waals surface area contributed by atoms with Crippen LogP contribution in [0.3, 0.4) is 0 Å². The van der Waals surface area contributed by atoms with Crippen LogP contribution in [0.25, 0.3) is 10.9 Å². The lowest BCUT2D eigenvalue weighted by atomic mass is 9.77. The molecule has 2 aliphatic rings. The van der Waals surface area contributed by atoms with Crippen LogP contribution in [0.5, 0.6) is 0 Å². The first-order valence-electron chi connectivity index (χ1n) is 10.8. The minimum Gasteiger partial charge on any atom is -0.322 e. The molecule has 1 aromatic carbocycles. The highest BCUT2D eigenvalue weighted by molar-refractivity contribution is 7.99. The molecule has 1 saturated carbocycles. The zero-order valence-corrected chi connectivity index (χ0v) is 19.2. The summed E-state index contributed by atoms with van der Waals surface area (Å²) < 4.78 is 1.55. The number of imide groups is 1. The van der Waals surface area contributed by atoms with Crippen LogP contribution in [0, 0.1) is 5.92 Å². The minimum atomic E-state index is -0.915. The van der Waals surface area contributed by atoms with Crippen LogP contribution in [-0.2, 0) is 9.59 Å². The van der Waals surface area contributed by atoms with Gasteiger partial charge in [-0.05, 0) is 57.6 Å². The molecule has 1 spiro atoms. The smallest absolute Gasteiger partial charge is 0.322 e. The zero-order valence-electron chi connectivity index (χ0n) is 18.4. The second-order valence-electron chi connectivity index (χ2n) is 8.84. The third-order valence-corrected chi connectivity index (χ3v) is 7.10. The van der Waals surface area contributed by atoms with Gasteiger partial charge in [0.2, 0.25) is 5.91 Å². The number of para-hydroxylation sites is 1. The summed E-state index contributed by atoms with van der Waals surface area (Å²) in [5.41, 5.74) is 1.90. The number of hydrogen-bond donors (Lipinski definition) is 2. The zero-order chi connectivity index (χ0) is 23.0. The fourth-order valence-corrected chi connectivity index (χ4v) is 5.21. The average Bonchev–Trinajstić information content (AvgIpc) is 2.98. The maximum atomic E-state index is 12.9. The quantitative estimate of drug-likeness (QED) is 0.405. The van der Waals surface area contributed by atoms with Crippen molar-refractivity contribution in [3.63, 3.8) is 0 Å². The molecule has 9 nitrogen and oxygen atoms in total. The highest BCUT2D eigenvalue weighted by Gasteiger charge is 2.52. The van der Waals surface area contributed by atoms with Crippen molar-refractivity contribution in [1.29, 1.82) is 0 Å². The van der Waals surface area contributed by atoms with Crippen molar-refractivity contribution in [2.45, 2.75) is 63.2 Å². The van der Waals surface area contributed by atoms with Gasteiger partial charge in [-0.2, -0.15) is 5.01 Å². The number of benzene rings is 1. The third-order valence-electron chi connectivity index (χ3n) is 6.15. The second kappa shape index (κ2) is 8.57. The van der Waals surface area contributed by atoms with Crippen LogP contribution < -0.4 is 16.3 Å². The Hall–Kier alpha value is -2.88. The summed E-state index contributed by atoms with van der Waals surface area (Å²) >= 11 is 1.10. The van der Waals surface area contributed by atoms with Gasteiger partial charge >= 0.3 is 6.03 Å². The number of nitrogens with zero attached hydrogens (tertiary/aromatic N) is 3. The van der Waals surface area contributed by atoms with Gasteiger partial charge in [0.05, 0.1) is 16.7 Å². The Labute approximate surface area is 189 Å². The van der Waals surface area contributed by atoms with Crippen LogP contribution in [0.4, 0.5) is 4.79 Å². The van der Waals surface area contributed by atoms with Gasteiger partial charge in [-0.1, -0.05) is 30.8 Å². The molecule has 1 aliphatic carbocycles. The standard InChI is InChI=1S/C22H27N5O4S/c1-13(2)26-18(29)15-6-4-5-7-16(15)23-21(26)32-12-17(28)25-27-19(30)22(24-20(27)31)10-8-14(3)9-11-22/h4-7,13-14H,8-12H2,1-3H3,(H,24,31)(H,25,28). The molecule has 0 unspecified atom stereocenters. The van der Waals surface area contributed by atoms with Crippen molar-refractivity contribution in [2.75, 3.05) is 5.75 Å². The first kappa shape index (κ1) is 22.3. The molecule has 1 aromatic heterocycles. The van der Waals surface area contributed by atoms with E-state index in [1.165, 1.54) is 0 Å². The Balaban J connectivity index is 1.47. The van der Waals surface area contributed by atoms with E-state index in [2.05, 4.69) is 22.7 Å². The van der Waals surface area contributed by atoms with Crippen molar-refractivity contribution in [3.8, 4) is 0 Å². The van der Waals surface area contributed by atoms with Crippen LogP contribution in [0.2, 0.25) is 0 Å². The minimum absolute atomic E-state index is 0.0986. The van der Waals surface area contributed by atoms with E-state index in [9.17, 15) is 19.2 Å². The van der Waals surface area contributed by atoms with Gasteiger partial charge in [0.1, 0.15) is 5.54 Å². The highest BCUT2D eigenvalue weighted by atomic mass is 32.2. The van der Waals surface area contributed by atoms with Crippen LogP contribution in [-0.4, -0.2) is 43.7 Å². The van der Waals surface area contributed by atoms with Crippen molar-refractivity contribution < 1.29 is 14.4 Å². The number of fused-ring (bicyclic) bond motifs is 1. The van der Waals surface area contributed by atoms with E-state index in [-0.39, 0.29) is 17.4 Å². The molecule has 4 rings (SSSR count). The lowest BCUT2D eigenvalue weighted by Crippen LogP contribution is -2.51. The lowest BCUT2D eigenvalue weighted by molar-refractivity contribution is -0.139. The molecule has 0 radical (unpaired) electrons. The van der Waals surface area contributed by atoms with Crippen molar-refractivity contribution in [2.24, 2.45) is 5.92 Å². The number of thioether (sulfide) groups is 1. The molecule has 2 aromatic rings. The first-order chi connectivity index (χ1) is 15.2. The molecule has 2 N–H and O–H groups in total. The lowest BCUT2D eigenvalue weighted by Gasteiger charge is -2.33. The first-order valence-corrected chi connectivity index (χ1v) is 11.8. The summed E-state index contributed by atoms with van der Waals surface area (Å²) in [6.45, 7) is 5.88. The fraction of sp³-hybridized carbons (Fsp3) is 0.500. The fourth-order valence-electron chi connectivity index (χ4n) is 4.29. The number of urea groups is 1. The summed E-state index contributed by atoms with van der Waals surface area (Å²) in [4.78, 5) is 55.4. The molecule has 2 fully saturated rings. The molecule has 4 amide bonds. The Morgan fingerprint density at radius 3 is 2.62 bits per heavy atom. The van der Waals surface area contributed by atoms with E-state index < -0.39 is 23.4 Å². The molecular weight excluding hydrogens is 430 g/mol. The number of amides is 4. The second-order valence-corrected chi connectivity index (χ2v) is 9.78. The summed E-state index contributed by atoms with van der Waals surface area (Å²) in [6, 6.07) is 6.31. The van der Waals surface area contributed by atoms with Crippen molar-refractivity contribution in [1.82, 2.24) is 25.3 Å². The van der Waals surface area contributed by atoms with Gasteiger partial charge in [0.25, 0.3) is 11.5 Å². The van der Waals surface area contributed by atoms with E-state index in [1.54, 1.807) is 28.8 Å². The normalized spacial score (nSPS) is 23.2. The van der Waals surface area contributed by atoms with Crippen LogP contribution >= 0.6 is 11.8 Å². The maximum absolute atomic E-state index is 12.9. The van der Waals surface area contributed by atoms with Crippen molar-refractivity contribution >= 4 is 40.5 Å². The van der Waals surface area contributed by atoms with Crippen molar-refractivity contribution in [3.05, 3.63) is 34.6 Å². The Bertz CT molecular complexity index is 1140. The molecule has 32 heavy (non-hydrogen) atoms. The summed E-state index contributed by atoms with van der Waals surface area (Å²) in [5, 5.41) is 4.50. The van der Waals surface area contributed by atoms with Gasteiger partial charge in [-0.15, -0.1) is 0 Å². The number of carbonyl (C=O) groups excluding carboxylic acids is 3. The number of rotatable bonds is 5. The molecule has 0 bridgehead atoms. The van der Waals surface area contributed by atoms with E-state index in [0.29, 0.717) is 34.8 Å². The molecule has 170 valence electrons. The number of carbonyl (C=O) groups is 3. The summed E-state index contributed by atoms with van der Waals surface area (Å²) in [7, 11) is 0. The van der Waals surface area contributed by atoms with Gasteiger partial charge in [-0.3, -0.25) is 24.4 Å². The molecule has 2 heterocycles. The molecule has 10 heteroatoms. The summed E-state index contributed by atoms with van der Waals surface area (Å²) in [6.07, 6.45) is 2.84. The highest BCUT2D eigenvalue weighted by Crippen LogP contribution is 2.35. The number of aromatic nitrogens is 2. The Kier molecular flexibility index (Phi) is 5.98.